The molecule has 5 nitrogen and oxygen atoms in total. The van der Waals surface area contributed by atoms with Gasteiger partial charge in [-0.1, -0.05) is 0 Å². The second-order valence-electron chi connectivity index (χ2n) is 6.01. The van der Waals surface area contributed by atoms with Crippen molar-refractivity contribution in [2.75, 3.05) is 19.4 Å². The fourth-order valence-corrected chi connectivity index (χ4v) is 4.31. The van der Waals surface area contributed by atoms with E-state index in [-0.39, 0.29) is 24.5 Å². The Hall–Kier alpha value is -0.170. The Labute approximate surface area is 116 Å². The van der Waals surface area contributed by atoms with Crippen LogP contribution in [0.2, 0.25) is 0 Å². The van der Waals surface area contributed by atoms with E-state index in [0.717, 1.165) is 12.8 Å². The smallest absolute Gasteiger partial charge is 0.216 e. The third-order valence-electron chi connectivity index (χ3n) is 4.19. The highest BCUT2D eigenvalue weighted by atomic mass is 32.2. The molecule has 2 rings (SSSR count). The Morgan fingerprint density at radius 3 is 2.37 bits per heavy atom. The molecule has 0 radical (unpaired) electrons. The molecule has 0 aromatic heterocycles. The minimum Gasteiger partial charge on any atom is -0.378 e. The van der Waals surface area contributed by atoms with Gasteiger partial charge < -0.3 is 10.1 Å². The van der Waals surface area contributed by atoms with Gasteiger partial charge in [-0.05, 0) is 39.5 Å². The van der Waals surface area contributed by atoms with Gasteiger partial charge in [0.2, 0.25) is 10.0 Å². The zero-order valence-electron chi connectivity index (χ0n) is 12.1. The average molecular weight is 290 g/mol. The lowest BCUT2D eigenvalue weighted by atomic mass is 10.0. The number of nitrogens with zero attached hydrogens (tertiary/aromatic N) is 1. The molecule has 2 heterocycles. The average Bonchev–Trinajstić information content (AvgIpc) is 2.66. The van der Waals surface area contributed by atoms with Crippen LogP contribution in [0.4, 0.5) is 0 Å². The molecular weight excluding hydrogens is 264 g/mol. The second kappa shape index (κ2) is 6.08. The lowest BCUT2D eigenvalue weighted by molar-refractivity contribution is 0.0904. The summed E-state index contributed by atoms with van der Waals surface area (Å²) in [6, 6.07) is 1.17. The van der Waals surface area contributed by atoms with E-state index in [1.54, 1.807) is 11.4 Å². The van der Waals surface area contributed by atoms with Crippen LogP contribution in [-0.2, 0) is 14.8 Å². The topological polar surface area (TPSA) is 58.6 Å². The van der Waals surface area contributed by atoms with Crippen LogP contribution < -0.4 is 5.32 Å². The van der Waals surface area contributed by atoms with E-state index in [4.69, 9.17) is 4.74 Å². The normalized spacial score (nSPS) is 31.3. The van der Waals surface area contributed by atoms with Crippen LogP contribution in [0.1, 0.15) is 39.5 Å². The Morgan fingerprint density at radius 1 is 1.26 bits per heavy atom. The third kappa shape index (κ3) is 3.90. The van der Waals surface area contributed by atoms with E-state index in [1.165, 1.54) is 12.8 Å². The fraction of sp³-hybridized carbons (Fsp3) is 1.00. The number of hydrogen-bond acceptors (Lipinski definition) is 4. The van der Waals surface area contributed by atoms with Gasteiger partial charge in [0.1, 0.15) is 0 Å². The predicted molar refractivity (Wildman–Crippen MR) is 75.6 cm³/mol. The predicted octanol–water partition coefficient (Wildman–Crippen LogP) is 0.956. The molecule has 2 aliphatic heterocycles. The van der Waals surface area contributed by atoms with Crippen LogP contribution >= 0.6 is 0 Å². The molecule has 0 aliphatic carbocycles. The van der Waals surface area contributed by atoms with Crippen molar-refractivity contribution in [1.82, 2.24) is 9.62 Å². The first-order valence-corrected chi connectivity index (χ1v) is 8.83. The molecule has 19 heavy (non-hydrogen) atoms. The highest BCUT2D eigenvalue weighted by Gasteiger charge is 2.38. The van der Waals surface area contributed by atoms with Crippen LogP contribution in [0, 0.1) is 0 Å². The van der Waals surface area contributed by atoms with Gasteiger partial charge in [-0.25, -0.2) is 12.7 Å². The third-order valence-corrected chi connectivity index (χ3v) is 6.05. The lowest BCUT2D eigenvalue weighted by Gasteiger charge is -2.34. The maximum absolute atomic E-state index is 12.3. The minimum atomic E-state index is -3.19. The first kappa shape index (κ1) is 15.2. The van der Waals surface area contributed by atoms with Gasteiger partial charge in [0.05, 0.1) is 18.5 Å². The van der Waals surface area contributed by atoms with Gasteiger partial charge in [0, 0.05) is 25.2 Å². The van der Waals surface area contributed by atoms with Gasteiger partial charge in [0.25, 0.3) is 0 Å². The van der Waals surface area contributed by atoms with Gasteiger partial charge >= 0.3 is 0 Å². The summed E-state index contributed by atoms with van der Waals surface area (Å²) in [7, 11) is -1.47. The Kier molecular flexibility index (Phi) is 4.87. The number of hydrogen-bond donors (Lipinski definition) is 1. The maximum atomic E-state index is 12.3. The van der Waals surface area contributed by atoms with Crippen molar-refractivity contribution in [2.45, 2.75) is 63.8 Å². The second-order valence-corrected chi connectivity index (χ2v) is 8.16. The summed E-state index contributed by atoms with van der Waals surface area (Å²) >= 11 is 0. The molecule has 0 aromatic carbocycles. The van der Waals surface area contributed by atoms with E-state index < -0.39 is 10.0 Å². The summed E-state index contributed by atoms with van der Waals surface area (Å²) in [5, 5.41) is 3.54. The highest BCUT2D eigenvalue weighted by Crippen LogP contribution is 2.30. The van der Waals surface area contributed by atoms with Crippen LogP contribution in [-0.4, -0.2) is 56.4 Å². The van der Waals surface area contributed by atoms with Gasteiger partial charge in [0.15, 0.2) is 0 Å². The van der Waals surface area contributed by atoms with E-state index in [1.807, 2.05) is 13.8 Å². The summed E-state index contributed by atoms with van der Waals surface area (Å²) < 4.78 is 31.5. The van der Waals surface area contributed by atoms with Gasteiger partial charge in [-0.2, -0.15) is 0 Å². The molecule has 2 atom stereocenters. The molecule has 0 aromatic rings. The SMILES string of the molecule is CC(C)OCCS(=O)(=O)N(C)C1CC2CCC(C1)N2. The zero-order valence-corrected chi connectivity index (χ0v) is 12.9. The molecule has 112 valence electrons. The molecule has 0 spiro atoms. The van der Waals surface area contributed by atoms with E-state index in [9.17, 15) is 8.42 Å². The molecule has 2 aliphatic rings. The number of rotatable bonds is 6. The molecule has 0 saturated carbocycles. The first-order chi connectivity index (χ1) is 8.88. The molecule has 2 unspecified atom stereocenters. The quantitative estimate of drug-likeness (QED) is 0.791. The van der Waals surface area contributed by atoms with Crippen LogP contribution in [0.15, 0.2) is 0 Å². The number of sulfonamides is 1. The summed E-state index contributed by atoms with van der Waals surface area (Å²) in [5.41, 5.74) is 0. The summed E-state index contributed by atoms with van der Waals surface area (Å²) in [4.78, 5) is 0. The first-order valence-electron chi connectivity index (χ1n) is 7.22. The van der Waals surface area contributed by atoms with Crippen molar-refractivity contribution < 1.29 is 13.2 Å². The van der Waals surface area contributed by atoms with E-state index >= 15 is 0 Å². The summed E-state index contributed by atoms with van der Waals surface area (Å²) in [6.45, 7) is 4.11. The van der Waals surface area contributed by atoms with Crippen molar-refractivity contribution in [3.63, 3.8) is 0 Å². The standard InChI is InChI=1S/C13H26N2O3S/c1-10(2)18-6-7-19(16,17)15(3)13-8-11-4-5-12(9-13)14-11/h10-14H,4-9H2,1-3H3. The van der Waals surface area contributed by atoms with Crippen molar-refractivity contribution in [3.8, 4) is 0 Å². The number of fused-ring (bicyclic) bond motifs is 2. The molecule has 2 bridgehead atoms. The molecule has 0 amide bonds. The number of ether oxygens (including phenoxy) is 1. The minimum absolute atomic E-state index is 0.0789. The molecule has 2 saturated heterocycles. The van der Waals surface area contributed by atoms with Crippen molar-refractivity contribution in [2.24, 2.45) is 0 Å². The highest BCUT2D eigenvalue weighted by molar-refractivity contribution is 7.89. The molecule has 2 fully saturated rings. The fourth-order valence-electron chi connectivity index (χ4n) is 3.08. The van der Waals surface area contributed by atoms with Gasteiger partial charge in [-0.3, -0.25) is 0 Å². The largest absolute Gasteiger partial charge is 0.378 e. The Balaban J connectivity index is 1.89. The zero-order chi connectivity index (χ0) is 14.0. The maximum Gasteiger partial charge on any atom is 0.216 e. The van der Waals surface area contributed by atoms with Crippen LogP contribution in [0.3, 0.4) is 0 Å². The number of nitrogens with one attached hydrogen (secondary N) is 1. The summed E-state index contributed by atoms with van der Waals surface area (Å²) in [6.07, 6.45) is 4.33. The van der Waals surface area contributed by atoms with Crippen molar-refractivity contribution in [1.29, 1.82) is 0 Å². The van der Waals surface area contributed by atoms with E-state index in [0.29, 0.717) is 12.1 Å². The molecule has 6 heteroatoms. The van der Waals surface area contributed by atoms with E-state index in [2.05, 4.69) is 5.32 Å². The summed E-state index contributed by atoms with van der Waals surface area (Å²) in [5.74, 6) is 0.0843. The van der Waals surface area contributed by atoms with Crippen LogP contribution in [0.5, 0.6) is 0 Å². The monoisotopic (exact) mass is 290 g/mol. The van der Waals surface area contributed by atoms with Crippen molar-refractivity contribution in [3.05, 3.63) is 0 Å². The number of piperidine rings is 1. The Bertz CT molecular complexity index is 385. The van der Waals surface area contributed by atoms with Crippen LogP contribution in [0.25, 0.3) is 0 Å². The molecular formula is C13H26N2O3S. The lowest BCUT2D eigenvalue weighted by Crippen LogP contribution is -2.49. The van der Waals surface area contributed by atoms with Gasteiger partial charge in [-0.15, -0.1) is 0 Å². The Morgan fingerprint density at radius 2 is 1.84 bits per heavy atom. The molecule has 1 N–H and O–H groups in total. The van der Waals surface area contributed by atoms with Crippen molar-refractivity contribution >= 4 is 10.0 Å².